The van der Waals surface area contributed by atoms with Crippen LogP contribution in [0.1, 0.15) is 6.42 Å². The van der Waals surface area contributed by atoms with Gasteiger partial charge in [-0.05, 0) is 0 Å². The molecule has 0 aromatic carbocycles. The first-order chi connectivity index (χ1) is 6.16. The molecule has 2 fully saturated rings. The summed E-state index contributed by atoms with van der Waals surface area (Å²) in [6, 6.07) is 0. The number of carbonyl (C=O) groups is 1. The second kappa shape index (κ2) is 3.06. The Balaban J connectivity index is 1.89. The van der Waals surface area contributed by atoms with E-state index in [1.54, 1.807) is 16.7 Å². The van der Waals surface area contributed by atoms with Crippen LogP contribution in [0.3, 0.4) is 0 Å². The minimum Gasteiger partial charge on any atom is -0.328 e. The van der Waals surface area contributed by atoms with Crippen LogP contribution in [0.2, 0.25) is 0 Å². The zero-order valence-corrected chi connectivity index (χ0v) is 7.53. The molecule has 0 saturated carbocycles. The predicted octanol–water partition coefficient (Wildman–Crippen LogP) is -0.131. The van der Waals surface area contributed by atoms with Gasteiger partial charge in [-0.2, -0.15) is 0 Å². The quantitative estimate of drug-likeness (QED) is 0.356. The molecular formula is C6H8N2O4S. The lowest BCUT2D eigenvalue weighted by molar-refractivity contribution is -0.767. The van der Waals surface area contributed by atoms with Gasteiger partial charge in [0.2, 0.25) is 5.91 Å². The molecule has 2 aliphatic rings. The highest BCUT2D eigenvalue weighted by molar-refractivity contribution is 8.00. The van der Waals surface area contributed by atoms with Gasteiger partial charge in [-0.3, -0.25) is 4.79 Å². The fraction of sp³-hybridized carbons (Fsp3) is 0.833. The van der Waals surface area contributed by atoms with Gasteiger partial charge in [0.25, 0.3) is 5.09 Å². The molecule has 2 saturated heterocycles. The molecule has 0 aromatic rings. The highest BCUT2D eigenvalue weighted by atomic mass is 32.2. The maximum atomic E-state index is 11.0. The summed E-state index contributed by atoms with van der Waals surface area (Å²) in [4.78, 5) is 27.0. The topological polar surface area (TPSA) is 72.7 Å². The van der Waals surface area contributed by atoms with Gasteiger partial charge in [-0.25, -0.2) is 0 Å². The van der Waals surface area contributed by atoms with Crippen LogP contribution in [0.4, 0.5) is 0 Å². The third-order valence-corrected chi connectivity index (χ3v) is 3.50. The maximum Gasteiger partial charge on any atom is 0.294 e. The van der Waals surface area contributed by atoms with E-state index in [1.807, 2.05) is 0 Å². The van der Waals surface area contributed by atoms with Gasteiger partial charge in [-0.1, -0.05) is 0 Å². The van der Waals surface area contributed by atoms with E-state index in [4.69, 9.17) is 0 Å². The summed E-state index contributed by atoms with van der Waals surface area (Å²) in [5.74, 6) is 0.657. The first-order valence-corrected chi connectivity index (χ1v) is 4.94. The molecule has 1 amide bonds. The Bertz CT molecular complexity index is 259. The van der Waals surface area contributed by atoms with Crippen molar-refractivity contribution >= 4 is 17.7 Å². The Kier molecular flexibility index (Phi) is 2.03. The average Bonchev–Trinajstić information content (AvgIpc) is 2.05. The zero-order valence-electron chi connectivity index (χ0n) is 6.71. The largest absolute Gasteiger partial charge is 0.328 e. The van der Waals surface area contributed by atoms with Crippen molar-refractivity contribution in [2.24, 2.45) is 0 Å². The average molecular weight is 204 g/mol. The summed E-state index contributed by atoms with van der Waals surface area (Å²) in [6.07, 6.45) is 0.107. The fourth-order valence-corrected chi connectivity index (χ4v) is 2.72. The van der Waals surface area contributed by atoms with E-state index in [1.165, 1.54) is 0 Å². The lowest BCUT2D eigenvalue weighted by atomic mass is 10.2. The summed E-state index contributed by atoms with van der Waals surface area (Å²) in [7, 11) is 0. The number of rotatable bonds is 2. The van der Waals surface area contributed by atoms with Crippen molar-refractivity contribution in [3.8, 4) is 0 Å². The highest BCUT2D eigenvalue weighted by Crippen LogP contribution is 2.34. The molecule has 2 aliphatic heterocycles. The molecule has 13 heavy (non-hydrogen) atoms. The molecule has 1 unspecified atom stereocenters. The molecule has 0 spiro atoms. The van der Waals surface area contributed by atoms with Gasteiger partial charge in [0.15, 0.2) is 0 Å². The van der Waals surface area contributed by atoms with Gasteiger partial charge in [0.1, 0.15) is 6.10 Å². The number of nitrogens with zero attached hydrogens (tertiary/aromatic N) is 2. The number of hydrogen-bond acceptors (Lipinski definition) is 5. The molecule has 6 nitrogen and oxygen atoms in total. The van der Waals surface area contributed by atoms with Crippen LogP contribution in [0, 0.1) is 10.1 Å². The van der Waals surface area contributed by atoms with Crippen LogP contribution in [0.5, 0.6) is 0 Å². The molecule has 72 valence electrons. The van der Waals surface area contributed by atoms with E-state index in [2.05, 4.69) is 4.84 Å². The van der Waals surface area contributed by atoms with Crippen LogP contribution in [-0.4, -0.2) is 39.7 Å². The van der Waals surface area contributed by atoms with Gasteiger partial charge in [-0.15, -0.1) is 21.9 Å². The molecule has 2 rings (SSSR count). The second-order valence-corrected chi connectivity index (χ2v) is 4.20. The molecule has 0 aliphatic carbocycles. The fourth-order valence-electron chi connectivity index (χ4n) is 1.47. The summed E-state index contributed by atoms with van der Waals surface area (Å²) >= 11 is 1.54. The number of β-lactam (4-membered cyclic amide) rings is 1. The van der Waals surface area contributed by atoms with Crippen molar-refractivity contribution < 1.29 is 14.7 Å². The minimum absolute atomic E-state index is 0.0640. The first kappa shape index (κ1) is 8.61. The van der Waals surface area contributed by atoms with E-state index in [9.17, 15) is 14.9 Å². The normalized spacial score (nSPS) is 32.0. The number of fused-ring (bicyclic) bond motifs is 1. The standard InChI is InChI=1S/C6H8N2O4S/c9-5-1-6-7(5)2-4(3-13-6)12-8(10)11/h4,6H,1-3H2/t4?,6-/m0/s1. The smallest absolute Gasteiger partial charge is 0.294 e. The van der Waals surface area contributed by atoms with Crippen LogP contribution < -0.4 is 0 Å². The van der Waals surface area contributed by atoms with E-state index < -0.39 is 11.2 Å². The second-order valence-electron chi connectivity index (χ2n) is 2.99. The summed E-state index contributed by atoms with van der Waals surface area (Å²) in [5, 5.41) is 9.47. The Hall–Kier alpha value is -0.980. The predicted molar refractivity (Wildman–Crippen MR) is 44.4 cm³/mol. The number of amides is 1. The van der Waals surface area contributed by atoms with E-state index in [0.29, 0.717) is 18.7 Å². The van der Waals surface area contributed by atoms with Gasteiger partial charge < -0.3 is 9.74 Å². The number of thioether (sulfide) groups is 1. The third-order valence-electron chi connectivity index (χ3n) is 2.13. The van der Waals surface area contributed by atoms with Crippen molar-refractivity contribution in [2.45, 2.75) is 17.9 Å². The molecule has 0 N–H and O–H groups in total. The van der Waals surface area contributed by atoms with Crippen molar-refractivity contribution in [1.82, 2.24) is 4.90 Å². The molecule has 0 radical (unpaired) electrons. The van der Waals surface area contributed by atoms with Crippen LogP contribution in [-0.2, 0) is 9.63 Å². The van der Waals surface area contributed by atoms with Gasteiger partial charge in [0.05, 0.1) is 11.8 Å². The first-order valence-electron chi connectivity index (χ1n) is 3.89. The van der Waals surface area contributed by atoms with Crippen LogP contribution >= 0.6 is 11.8 Å². The van der Waals surface area contributed by atoms with E-state index >= 15 is 0 Å². The van der Waals surface area contributed by atoms with Crippen LogP contribution in [0.25, 0.3) is 0 Å². The summed E-state index contributed by atoms with van der Waals surface area (Å²) < 4.78 is 0. The molecule has 0 aromatic heterocycles. The summed E-state index contributed by atoms with van der Waals surface area (Å²) in [6.45, 7) is 0.359. The van der Waals surface area contributed by atoms with Crippen molar-refractivity contribution in [3.63, 3.8) is 0 Å². The van der Waals surface area contributed by atoms with Crippen LogP contribution in [0.15, 0.2) is 0 Å². The Morgan fingerprint density at radius 3 is 3.08 bits per heavy atom. The monoisotopic (exact) mass is 204 g/mol. The summed E-state index contributed by atoms with van der Waals surface area (Å²) in [5.41, 5.74) is 0. The highest BCUT2D eigenvalue weighted by Gasteiger charge is 2.42. The van der Waals surface area contributed by atoms with Crippen molar-refractivity contribution in [1.29, 1.82) is 0 Å². The number of hydrogen-bond donors (Lipinski definition) is 0. The molecule has 0 bridgehead atoms. The third kappa shape index (κ3) is 1.55. The van der Waals surface area contributed by atoms with Gasteiger partial charge >= 0.3 is 0 Å². The molecule has 2 atom stereocenters. The lowest BCUT2D eigenvalue weighted by Gasteiger charge is -2.45. The van der Waals surface area contributed by atoms with Crippen molar-refractivity contribution in [3.05, 3.63) is 10.1 Å². The Morgan fingerprint density at radius 2 is 2.46 bits per heavy atom. The molecule has 7 heteroatoms. The van der Waals surface area contributed by atoms with E-state index in [0.717, 1.165) is 0 Å². The molecule has 2 heterocycles. The Labute approximate surface area is 78.3 Å². The Morgan fingerprint density at radius 1 is 1.69 bits per heavy atom. The SMILES string of the molecule is O=C1C[C@@H]2SCC(O[N+](=O)[O-])CN12. The minimum atomic E-state index is -0.796. The maximum absolute atomic E-state index is 11.0. The lowest BCUT2D eigenvalue weighted by Crippen LogP contribution is -2.57. The van der Waals surface area contributed by atoms with Gasteiger partial charge in [0, 0.05) is 12.3 Å². The zero-order chi connectivity index (χ0) is 9.42. The van der Waals surface area contributed by atoms with Crippen molar-refractivity contribution in [2.75, 3.05) is 12.3 Å². The number of carbonyl (C=O) groups excluding carboxylic acids is 1. The van der Waals surface area contributed by atoms with E-state index in [-0.39, 0.29) is 11.3 Å². The molecular weight excluding hydrogens is 196 g/mol.